The molecule has 1 unspecified atom stereocenters. The molecule has 0 saturated carbocycles. The van der Waals surface area contributed by atoms with Crippen LogP contribution in [-0.2, 0) is 6.42 Å². The van der Waals surface area contributed by atoms with Crippen LogP contribution in [0.25, 0.3) is 5.65 Å². The predicted octanol–water partition coefficient (Wildman–Crippen LogP) is 1.59. The highest BCUT2D eigenvalue weighted by atomic mass is 15.3. The molecule has 5 heteroatoms. The molecule has 1 fully saturated rings. The minimum atomic E-state index is 0.667. The van der Waals surface area contributed by atoms with Crippen molar-refractivity contribution in [1.29, 1.82) is 0 Å². The normalized spacial score (nSPS) is 21.0. The number of anilines is 1. The molecule has 2 aromatic heterocycles. The molecule has 0 aliphatic carbocycles. The molecular formula is C14H21N5. The largest absolute Gasteiger partial charge is 0.385 e. The number of hydrogen-bond donors (Lipinski definition) is 1. The summed E-state index contributed by atoms with van der Waals surface area (Å²) in [5.41, 5.74) is 6.88. The first-order chi connectivity index (χ1) is 9.28. The second-order valence-electron chi connectivity index (χ2n) is 5.37. The number of rotatable bonds is 3. The van der Waals surface area contributed by atoms with Gasteiger partial charge in [-0.15, -0.1) is 10.2 Å². The third-order valence-electron chi connectivity index (χ3n) is 4.05. The van der Waals surface area contributed by atoms with Crippen molar-refractivity contribution in [2.75, 3.05) is 25.4 Å². The highest BCUT2D eigenvalue weighted by Crippen LogP contribution is 2.21. The maximum atomic E-state index is 6.03. The van der Waals surface area contributed by atoms with Gasteiger partial charge in [0.1, 0.15) is 11.6 Å². The molecule has 1 aliphatic heterocycles. The van der Waals surface area contributed by atoms with Gasteiger partial charge < -0.3 is 10.6 Å². The first-order valence-corrected chi connectivity index (χ1v) is 7.08. The van der Waals surface area contributed by atoms with Crippen LogP contribution in [0.15, 0.2) is 18.2 Å². The smallest absolute Gasteiger partial charge is 0.162 e. The summed E-state index contributed by atoms with van der Waals surface area (Å²) in [7, 11) is 0. The zero-order chi connectivity index (χ0) is 13.2. The number of hydrogen-bond acceptors (Lipinski definition) is 4. The first kappa shape index (κ1) is 12.4. The number of nitrogens with zero attached hydrogens (tertiary/aromatic N) is 4. The van der Waals surface area contributed by atoms with E-state index in [4.69, 9.17) is 5.73 Å². The van der Waals surface area contributed by atoms with Crippen LogP contribution in [0.3, 0.4) is 0 Å². The number of nitrogen functional groups attached to an aromatic ring is 1. The second-order valence-corrected chi connectivity index (χ2v) is 5.37. The summed E-state index contributed by atoms with van der Waals surface area (Å²) in [6, 6.07) is 5.77. The number of pyridine rings is 1. The van der Waals surface area contributed by atoms with Gasteiger partial charge in [0, 0.05) is 13.0 Å². The van der Waals surface area contributed by atoms with Gasteiger partial charge in [0.15, 0.2) is 5.65 Å². The lowest BCUT2D eigenvalue weighted by molar-refractivity contribution is 0.180. The molecule has 2 aromatic rings. The number of fused-ring (bicyclic) bond motifs is 1. The van der Waals surface area contributed by atoms with E-state index >= 15 is 0 Å². The highest BCUT2D eigenvalue weighted by Gasteiger charge is 2.21. The average molecular weight is 259 g/mol. The molecule has 1 saturated heterocycles. The summed E-state index contributed by atoms with van der Waals surface area (Å²) >= 11 is 0. The van der Waals surface area contributed by atoms with E-state index in [1.807, 2.05) is 22.6 Å². The molecule has 0 aromatic carbocycles. The van der Waals surface area contributed by atoms with Crippen LogP contribution >= 0.6 is 0 Å². The molecule has 1 atom stereocenters. The highest BCUT2D eigenvalue weighted by molar-refractivity contribution is 5.47. The van der Waals surface area contributed by atoms with Gasteiger partial charge in [-0.3, -0.25) is 4.40 Å². The van der Waals surface area contributed by atoms with Gasteiger partial charge in [0.05, 0.1) is 0 Å². The molecule has 3 heterocycles. The van der Waals surface area contributed by atoms with E-state index in [2.05, 4.69) is 22.0 Å². The summed E-state index contributed by atoms with van der Waals surface area (Å²) in [6.45, 7) is 5.76. The third kappa shape index (κ3) is 2.42. The number of likely N-dealkylation sites (tertiary alicyclic amines) is 1. The lowest BCUT2D eigenvalue weighted by Gasteiger charge is -2.31. The van der Waals surface area contributed by atoms with Crippen molar-refractivity contribution in [3.8, 4) is 0 Å². The molecule has 0 bridgehead atoms. The van der Waals surface area contributed by atoms with E-state index in [9.17, 15) is 0 Å². The minimum Gasteiger partial charge on any atom is -0.385 e. The molecule has 5 nitrogen and oxygen atoms in total. The lowest BCUT2D eigenvalue weighted by Crippen LogP contribution is -2.36. The van der Waals surface area contributed by atoms with Crippen molar-refractivity contribution in [2.24, 2.45) is 5.92 Å². The molecule has 3 rings (SSSR count). The molecular weight excluding hydrogens is 238 g/mol. The maximum Gasteiger partial charge on any atom is 0.162 e. The van der Waals surface area contributed by atoms with Gasteiger partial charge in [0.25, 0.3) is 0 Å². The SMILES string of the molecule is CCN1CCCC(Cc2nnc3cccc(N)n23)C1. The summed E-state index contributed by atoms with van der Waals surface area (Å²) in [6.07, 6.45) is 3.52. The Morgan fingerprint density at radius 1 is 1.37 bits per heavy atom. The van der Waals surface area contributed by atoms with Crippen molar-refractivity contribution < 1.29 is 0 Å². The Kier molecular flexibility index (Phi) is 3.38. The summed E-state index contributed by atoms with van der Waals surface area (Å²) < 4.78 is 1.98. The Morgan fingerprint density at radius 2 is 2.26 bits per heavy atom. The van der Waals surface area contributed by atoms with Gasteiger partial charge in [-0.05, 0) is 44.0 Å². The van der Waals surface area contributed by atoms with Crippen LogP contribution in [0.5, 0.6) is 0 Å². The van der Waals surface area contributed by atoms with Crippen LogP contribution in [0.1, 0.15) is 25.6 Å². The van der Waals surface area contributed by atoms with E-state index in [0.717, 1.165) is 36.8 Å². The Hall–Kier alpha value is -1.62. The zero-order valence-corrected chi connectivity index (χ0v) is 11.4. The van der Waals surface area contributed by atoms with Crippen LogP contribution in [0.4, 0.5) is 5.82 Å². The van der Waals surface area contributed by atoms with Crippen LogP contribution < -0.4 is 5.73 Å². The van der Waals surface area contributed by atoms with E-state index in [1.165, 1.54) is 19.4 Å². The molecule has 1 aliphatic rings. The molecule has 19 heavy (non-hydrogen) atoms. The Bertz CT molecular complexity index is 562. The topological polar surface area (TPSA) is 59.5 Å². The van der Waals surface area contributed by atoms with E-state index < -0.39 is 0 Å². The zero-order valence-electron chi connectivity index (χ0n) is 11.4. The minimum absolute atomic E-state index is 0.667. The van der Waals surface area contributed by atoms with Gasteiger partial charge >= 0.3 is 0 Å². The van der Waals surface area contributed by atoms with Gasteiger partial charge in [-0.25, -0.2) is 0 Å². The fourth-order valence-electron chi connectivity index (χ4n) is 3.02. The van der Waals surface area contributed by atoms with E-state index in [-0.39, 0.29) is 0 Å². The fourth-order valence-corrected chi connectivity index (χ4v) is 3.02. The molecule has 2 N–H and O–H groups in total. The Labute approximate surface area is 113 Å². The van der Waals surface area contributed by atoms with Crippen LogP contribution in [0, 0.1) is 5.92 Å². The first-order valence-electron chi connectivity index (χ1n) is 7.08. The van der Waals surface area contributed by atoms with E-state index in [1.54, 1.807) is 0 Å². The summed E-state index contributed by atoms with van der Waals surface area (Å²) in [5, 5.41) is 8.52. The molecule has 102 valence electrons. The van der Waals surface area contributed by atoms with Crippen LogP contribution in [-0.4, -0.2) is 39.1 Å². The number of aromatic nitrogens is 3. The average Bonchev–Trinajstić information content (AvgIpc) is 2.84. The van der Waals surface area contributed by atoms with Crippen molar-refractivity contribution >= 4 is 11.5 Å². The maximum absolute atomic E-state index is 6.03. The van der Waals surface area contributed by atoms with Gasteiger partial charge in [-0.1, -0.05) is 13.0 Å². The van der Waals surface area contributed by atoms with Crippen molar-refractivity contribution in [3.63, 3.8) is 0 Å². The standard InChI is InChI=1S/C14H21N5/c1-2-18-8-4-5-11(10-18)9-14-17-16-13-7-3-6-12(15)19(13)14/h3,6-7,11H,2,4-5,8-10,15H2,1H3. The summed E-state index contributed by atoms with van der Waals surface area (Å²) in [4.78, 5) is 2.51. The quantitative estimate of drug-likeness (QED) is 0.909. The Balaban J connectivity index is 1.81. The monoisotopic (exact) mass is 259 g/mol. The van der Waals surface area contributed by atoms with Crippen molar-refractivity contribution in [1.82, 2.24) is 19.5 Å². The van der Waals surface area contributed by atoms with Gasteiger partial charge in [0.2, 0.25) is 0 Å². The van der Waals surface area contributed by atoms with Crippen molar-refractivity contribution in [2.45, 2.75) is 26.2 Å². The fraction of sp³-hybridized carbons (Fsp3) is 0.571. The number of nitrogens with two attached hydrogens (primary N) is 1. The third-order valence-corrected chi connectivity index (χ3v) is 4.05. The Morgan fingerprint density at radius 3 is 3.11 bits per heavy atom. The predicted molar refractivity (Wildman–Crippen MR) is 75.9 cm³/mol. The second kappa shape index (κ2) is 5.17. The van der Waals surface area contributed by atoms with Gasteiger partial charge in [-0.2, -0.15) is 0 Å². The van der Waals surface area contributed by atoms with E-state index in [0.29, 0.717) is 5.92 Å². The lowest BCUT2D eigenvalue weighted by atomic mass is 9.94. The van der Waals surface area contributed by atoms with Crippen molar-refractivity contribution in [3.05, 3.63) is 24.0 Å². The molecule has 0 radical (unpaired) electrons. The molecule has 0 spiro atoms. The molecule has 0 amide bonds. The van der Waals surface area contributed by atoms with Crippen LogP contribution in [0.2, 0.25) is 0 Å². The summed E-state index contributed by atoms with van der Waals surface area (Å²) in [5.74, 6) is 2.39. The number of piperidine rings is 1.